The minimum atomic E-state index is -0.179. The molecule has 0 unspecified atom stereocenters. The van der Waals surface area contributed by atoms with Crippen LogP contribution < -0.4 is 4.90 Å². The molecule has 0 bridgehead atoms. The highest BCUT2D eigenvalue weighted by atomic mass is 79.9. The van der Waals surface area contributed by atoms with Gasteiger partial charge >= 0.3 is 0 Å². The van der Waals surface area contributed by atoms with E-state index in [1.54, 1.807) is 6.20 Å². The SMILES string of the molecule is C[C@H]1CCCN([C@H]2C(=C=O)c3cc(Br)ccc3N2c2cccnn2)C1. The van der Waals surface area contributed by atoms with Gasteiger partial charge in [0.25, 0.3) is 0 Å². The summed E-state index contributed by atoms with van der Waals surface area (Å²) in [5, 5.41) is 8.35. The van der Waals surface area contributed by atoms with Crippen molar-refractivity contribution >= 4 is 38.9 Å². The highest BCUT2D eigenvalue weighted by Crippen LogP contribution is 2.45. The number of halogens is 1. The maximum Gasteiger partial charge on any atom is 0.157 e. The largest absolute Gasteiger partial charge is 0.303 e. The van der Waals surface area contributed by atoms with Gasteiger partial charge in [-0.1, -0.05) is 22.9 Å². The Kier molecular flexibility index (Phi) is 4.42. The third kappa shape index (κ3) is 2.91. The molecule has 2 aromatic rings. The number of benzene rings is 1. The van der Waals surface area contributed by atoms with Crippen molar-refractivity contribution in [2.75, 3.05) is 18.0 Å². The first kappa shape index (κ1) is 16.5. The van der Waals surface area contributed by atoms with Gasteiger partial charge in [-0.25, -0.2) is 4.79 Å². The molecule has 2 aliphatic rings. The number of rotatable bonds is 2. The Morgan fingerprint density at radius 2 is 2.20 bits per heavy atom. The van der Waals surface area contributed by atoms with Crippen LogP contribution in [0.25, 0.3) is 5.57 Å². The normalized spacial score (nSPS) is 23.4. The lowest BCUT2D eigenvalue weighted by Crippen LogP contribution is -2.48. The van der Waals surface area contributed by atoms with E-state index in [1.807, 2.05) is 30.3 Å². The second kappa shape index (κ2) is 6.71. The molecule has 0 N–H and O–H groups in total. The zero-order valence-corrected chi connectivity index (χ0v) is 15.6. The van der Waals surface area contributed by atoms with Gasteiger partial charge in [0.1, 0.15) is 12.1 Å². The smallest absolute Gasteiger partial charge is 0.157 e. The lowest BCUT2D eigenvalue weighted by Gasteiger charge is -2.39. The molecule has 4 rings (SSSR count). The lowest BCUT2D eigenvalue weighted by molar-refractivity contribution is 0.161. The zero-order valence-electron chi connectivity index (χ0n) is 14.0. The summed E-state index contributed by atoms with van der Waals surface area (Å²) in [6.45, 7) is 4.19. The predicted octanol–water partition coefficient (Wildman–Crippen LogP) is 3.66. The van der Waals surface area contributed by atoms with Crippen molar-refractivity contribution in [3.8, 4) is 0 Å². The molecule has 1 aromatic carbocycles. The van der Waals surface area contributed by atoms with E-state index in [9.17, 15) is 4.79 Å². The van der Waals surface area contributed by atoms with Crippen molar-refractivity contribution in [2.24, 2.45) is 5.92 Å². The lowest BCUT2D eigenvalue weighted by atomic mass is 9.98. The molecule has 2 aliphatic heterocycles. The van der Waals surface area contributed by atoms with Crippen LogP contribution in [0.3, 0.4) is 0 Å². The van der Waals surface area contributed by atoms with Crippen LogP contribution in [0.1, 0.15) is 25.3 Å². The third-order valence-corrected chi connectivity index (χ3v) is 5.45. The van der Waals surface area contributed by atoms with Gasteiger partial charge in [0, 0.05) is 29.3 Å². The Morgan fingerprint density at radius 1 is 1.32 bits per heavy atom. The van der Waals surface area contributed by atoms with Crippen molar-refractivity contribution < 1.29 is 4.79 Å². The molecule has 5 nitrogen and oxygen atoms in total. The summed E-state index contributed by atoms with van der Waals surface area (Å²) >= 11 is 3.52. The number of fused-ring (bicyclic) bond motifs is 1. The quantitative estimate of drug-likeness (QED) is 0.722. The van der Waals surface area contributed by atoms with E-state index in [0.29, 0.717) is 11.5 Å². The van der Waals surface area contributed by atoms with Gasteiger partial charge < -0.3 is 4.90 Å². The summed E-state index contributed by atoms with van der Waals surface area (Å²) in [4.78, 5) is 16.4. The molecule has 0 amide bonds. The molecule has 2 atom stereocenters. The van der Waals surface area contributed by atoms with Crippen molar-refractivity contribution in [2.45, 2.75) is 25.9 Å². The molecule has 0 radical (unpaired) electrons. The molecular weight excluding hydrogens is 380 g/mol. The van der Waals surface area contributed by atoms with Gasteiger partial charge in [-0.05, 0) is 49.1 Å². The van der Waals surface area contributed by atoms with Crippen molar-refractivity contribution in [3.05, 3.63) is 46.6 Å². The molecule has 1 fully saturated rings. The highest BCUT2D eigenvalue weighted by molar-refractivity contribution is 9.10. The molecule has 0 aliphatic carbocycles. The van der Waals surface area contributed by atoms with Crippen LogP contribution in [0.2, 0.25) is 0 Å². The third-order valence-electron chi connectivity index (χ3n) is 4.96. The van der Waals surface area contributed by atoms with E-state index < -0.39 is 0 Å². The van der Waals surface area contributed by atoms with Crippen LogP contribution in [0, 0.1) is 5.92 Å². The molecule has 6 heteroatoms. The monoisotopic (exact) mass is 398 g/mol. The fourth-order valence-electron chi connectivity index (χ4n) is 3.91. The molecule has 25 heavy (non-hydrogen) atoms. The standard InChI is InChI=1S/C19H19BrN4O/c1-13-4-3-9-23(11-13)19-16(12-25)15-10-14(20)6-7-17(15)24(19)18-5-2-8-21-22-18/h2,5-8,10,13,19H,3-4,9,11H2,1H3/t13-,19+/m0/s1. The van der Waals surface area contributed by atoms with Crippen LogP contribution in [-0.4, -0.2) is 40.3 Å². The summed E-state index contributed by atoms with van der Waals surface area (Å²) in [6.07, 6.45) is 3.85. The molecular formula is C19H19BrN4O. The second-order valence-corrected chi connectivity index (χ2v) is 7.66. The first-order valence-electron chi connectivity index (χ1n) is 8.55. The summed E-state index contributed by atoms with van der Waals surface area (Å²) < 4.78 is 0.950. The Hall–Kier alpha value is -2.01. The topological polar surface area (TPSA) is 49.3 Å². The first-order chi connectivity index (χ1) is 12.2. The molecule has 3 heterocycles. The summed E-state index contributed by atoms with van der Waals surface area (Å²) in [5.41, 5.74) is 2.57. The Morgan fingerprint density at radius 3 is 2.92 bits per heavy atom. The number of piperidine rings is 1. The van der Waals surface area contributed by atoms with Gasteiger partial charge in [0.2, 0.25) is 0 Å². The first-order valence-corrected chi connectivity index (χ1v) is 9.34. The van der Waals surface area contributed by atoms with Crippen LogP contribution in [0.4, 0.5) is 11.5 Å². The van der Waals surface area contributed by atoms with Crippen molar-refractivity contribution in [3.63, 3.8) is 0 Å². The number of carbonyl (C=O) groups excluding carboxylic acids is 1. The van der Waals surface area contributed by atoms with Crippen LogP contribution in [-0.2, 0) is 4.79 Å². The number of hydrogen-bond acceptors (Lipinski definition) is 5. The minimum absolute atomic E-state index is 0.179. The molecule has 0 spiro atoms. The maximum absolute atomic E-state index is 11.9. The van der Waals surface area contributed by atoms with Crippen LogP contribution in [0.5, 0.6) is 0 Å². The van der Waals surface area contributed by atoms with Crippen molar-refractivity contribution in [1.82, 2.24) is 15.1 Å². The van der Waals surface area contributed by atoms with E-state index in [-0.39, 0.29) is 6.17 Å². The predicted molar refractivity (Wildman–Crippen MR) is 101 cm³/mol. The van der Waals surface area contributed by atoms with Gasteiger partial charge in [-0.2, -0.15) is 5.10 Å². The molecule has 128 valence electrons. The number of likely N-dealkylation sites (tertiary alicyclic amines) is 1. The van der Waals surface area contributed by atoms with E-state index >= 15 is 0 Å². The second-order valence-electron chi connectivity index (χ2n) is 6.75. The number of aromatic nitrogens is 2. The average Bonchev–Trinajstić information content (AvgIpc) is 2.95. The number of nitrogens with zero attached hydrogens (tertiary/aromatic N) is 4. The minimum Gasteiger partial charge on any atom is -0.303 e. The number of anilines is 2. The molecule has 0 saturated carbocycles. The number of hydrogen-bond donors (Lipinski definition) is 0. The summed E-state index contributed by atoms with van der Waals surface area (Å²) in [7, 11) is 0. The highest BCUT2D eigenvalue weighted by Gasteiger charge is 2.41. The Bertz CT molecular complexity index is 835. The Labute approximate surface area is 155 Å². The fraction of sp³-hybridized carbons (Fsp3) is 0.368. The Balaban J connectivity index is 1.86. The van der Waals surface area contributed by atoms with E-state index in [0.717, 1.165) is 41.1 Å². The maximum atomic E-state index is 11.9. The van der Waals surface area contributed by atoms with Gasteiger partial charge in [-0.15, -0.1) is 5.10 Å². The summed E-state index contributed by atoms with van der Waals surface area (Å²) in [6, 6.07) is 9.82. The molecule has 1 saturated heterocycles. The van der Waals surface area contributed by atoms with Crippen LogP contribution >= 0.6 is 15.9 Å². The van der Waals surface area contributed by atoms with Crippen LogP contribution in [0.15, 0.2) is 41.0 Å². The van der Waals surface area contributed by atoms with E-state index in [2.05, 4.69) is 48.8 Å². The van der Waals surface area contributed by atoms with Gasteiger partial charge in [0.15, 0.2) is 5.82 Å². The molecule has 1 aromatic heterocycles. The zero-order chi connectivity index (χ0) is 17.4. The van der Waals surface area contributed by atoms with Crippen molar-refractivity contribution in [1.29, 1.82) is 0 Å². The van der Waals surface area contributed by atoms with Gasteiger partial charge in [0.05, 0.1) is 11.3 Å². The van der Waals surface area contributed by atoms with E-state index in [1.165, 1.54) is 6.42 Å². The van der Waals surface area contributed by atoms with E-state index in [4.69, 9.17) is 0 Å². The average molecular weight is 399 g/mol. The fourth-order valence-corrected chi connectivity index (χ4v) is 4.27. The summed E-state index contributed by atoms with van der Waals surface area (Å²) in [5.74, 6) is 3.59. The van der Waals surface area contributed by atoms with Gasteiger partial charge in [-0.3, -0.25) is 4.90 Å².